The lowest BCUT2D eigenvalue weighted by molar-refractivity contribution is 0.0697. The molecule has 102 valence electrons. The van der Waals surface area contributed by atoms with E-state index in [-0.39, 0.29) is 17.9 Å². The topological polar surface area (TPSA) is 95.3 Å². The summed E-state index contributed by atoms with van der Waals surface area (Å²) in [6.07, 6.45) is 0. The molecule has 6 nitrogen and oxygen atoms in total. The highest BCUT2D eigenvalue weighted by atomic mass is 16.4. The zero-order valence-corrected chi connectivity index (χ0v) is 10.8. The maximum atomic E-state index is 11.9. The van der Waals surface area contributed by atoms with Gasteiger partial charge in [-0.25, -0.2) is 9.59 Å². The van der Waals surface area contributed by atoms with Crippen LogP contribution in [0, 0.1) is 5.41 Å². The molecule has 0 aliphatic carbocycles. The van der Waals surface area contributed by atoms with Gasteiger partial charge in [-0.2, -0.15) is 0 Å². The van der Waals surface area contributed by atoms with Crippen LogP contribution in [0.3, 0.4) is 0 Å². The van der Waals surface area contributed by atoms with Gasteiger partial charge in [-0.05, 0) is 18.2 Å². The lowest BCUT2D eigenvalue weighted by atomic mass is 9.95. The Morgan fingerprint density at radius 1 is 1.42 bits per heavy atom. The van der Waals surface area contributed by atoms with Crippen LogP contribution in [0.1, 0.15) is 24.2 Å². The van der Waals surface area contributed by atoms with Crippen LogP contribution in [0.4, 0.5) is 0 Å². The van der Waals surface area contributed by atoms with Crippen LogP contribution < -0.4 is 5.69 Å². The minimum atomic E-state index is -1.04. The van der Waals surface area contributed by atoms with E-state index in [1.807, 2.05) is 13.8 Å². The molecule has 2 aromatic rings. The quantitative estimate of drug-likeness (QED) is 0.769. The maximum Gasteiger partial charge on any atom is 0.335 e. The van der Waals surface area contributed by atoms with Crippen molar-refractivity contribution in [3.63, 3.8) is 0 Å². The van der Waals surface area contributed by atoms with Crippen LogP contribution >= 0.6 is 0 Å². The van der Waals surface area contributed by atoms with Crippen molar-refractivity contribution in [2.45, 2.75) is 20.4 Å². The van der Waals surface area contributed by atoms with Crippen molar-refractivity contribution in [1.82, 2.24) is 9.55 Å². The number of rotatable bonds is 4. The smallest absolute Gasteiger partial charge is 0.335 e. The largest absolute Gasteiger partial charge is 0.478 e. The molecular weight excluding hydrogens is 248 g/mol. The lowest BCUT2D eigenvalue weighted by Crippen LogP contribution is -2.29. The normalized spacial score (nSPS) is 11.9. The zero-order valence-electron chi connectivity index (χ0n) is 10.8. The minimum absolute atomic E-state index is 0.0423. The number of aromatic carboxylic acids is 1. The Kier molecular flexibility index (Phi) is 3.20. The van der Waals surface area contributed by atoms with Gasteiger partial charge in [-0.3, -0.25) is 4.57 Å². The molecule has 0 saturated heterocycles. The first-order chi connectivity index (χ1) is 8.84. The van der Waals surface area contributed by atoms with Gasteiger partial charge in [0.1, 0.15) is 0 Å². The second-order valence-corrected chi connectivity index (χ2v) is 5.38. The van der Waals surface area contributed by atoms with Crippen LogP contribution in [0.15, 0.2) is 23.0 Å². The Balaban J connectivity index is 2.54. The van der Waals surface area contributed by atoms with Crippen LogP contribution in [0.5, 0.6) is 0 Å². The molecule has 0 spiro atoms. The molecule has 0 fully saturated rings. The summed E-state index contributed by atoms with van der Waals surface area (Å²) in [6, 6.07) is 4.49. The molecule has 0 aliphatic rings. The van der Waals surface area contributed by atoms with Crippen molar-refractivity contribution in [2.75, 3.05) is 6.61 Å². The number of H-pyrrole nitrogens is 1. The van der Waals surface area contributed by atoms with Crippen LogP contribution in [0.2, 0.25) is 0 Å². The molecule has 0 unspecified atom stereocenters. The molecule has 3 N–H and O–H groups in total. The number of carboxylic acids is 1. The maximum absolute atomic E-state index is 11.9. The molecule has 0 bridgehead atoms. The van der Waals surface area contributed by atoms with Crippen molar-refractivity contribution in [3.05, 3.63) is 34.2 Å². The summed E-state index contributed by atoms with van der Waals surface area (Å²) in [4.78, 5) is 25.4. The highest BCUT2D eigenvalue weighted by molar-refractivity contribution is 5.92. The van der Waals surface area contributed by atoms with E-state index in [0.717, 1.165) is 0 Å². The summed E-state index contributed by atoms with van der Waals surface area (Å²) >= 11 is 0. The lowest BCUT2D eigenvalue weighted by Gasteiger charge is -2.21. The molecule has 0 aliphatic heterocycles. The first-order valence-electron chi connectivity index (χ1n) is 5.91. The van der Waals surface area contributed by atoms with Crippen molar-refractivity contribution < 1.29 is 15.0 Å². The number of hydrogen-bond donors (Lipinski definition) is 3. The Labute approximate surface area is 109 Å². The van der Waals surface area contributed by atoms with E-state index in [9.17, 15) is 14.7 Å². The Morgan fingerprint density at radius 2 is 2.11 bits per heavy atom. The van der Waals surface area contributed by atoms with Gasteiger partial charge in [0.05, 0.1) is 16.6 Å². The van der Waals surface area contributed by atoms with Crippen molar-refractivity contribution in [3.8, 4) is 0 Å². The average molecular weight is 264 g/mol. The molecule has 0 atom stereocenters. The van der Waals surface area contributed by atoms with E-state index in [0.29, 0.717) is 17.6 Å². The Hall–Kier alpha value is -2.08. The average Bonchev–Trinajstić information content (AvgIpc) is 2.65. The standard InChI is InChI=1S/C13H16N2O4/c1-13(2,7-16)6-15-10-4-3-8(11(17)18)5-9(10)14-12(15)19/h3-5,16H,6-7H2,1-2H3,(H,14,19)(H,17,18). The highest BCUT2D eigenvalue weighted by Crippen LogP contribution is 2.20. The second-order valence-electron chi connectivity index (χ2n) is 5.38. The van der Waals surface area contributed by atoms with Crippen LogP contribution in [-0.4, -0.2) is 32.3 Å². The van der Waals surface area contributed by atoms with Gasteiger partial charge in [0.2, 0.25) is 0 Å². The number of carboxylic acid groups (broad SMARTS) is 1. The van der Waals surface area contributed by atoms with E-state index in [4.69, 9.17) is 5.11 Å². The molecule has 0 saturated carbocycles. The van der Waals surface area contributed by atoms with E-state index in [2.05, 4.69) is 4.98 Å². The van der Waals surface area contributed by atoms with Gasteiger partial charge < -0.3 is 15.2 Å². The number of nitrogens with one attached hydrogen (secondary N) is 1. The third-order valence-electron chi connectivity index (χ3n) is 3.04. The summed E-state index contributed by atoms with van der Waals surface area (Å²) < 4.78 is 1.51. The van der Waals surface area contributed by atoms with E-state index < -0.39 is 11.4 Å². The summed E-state index contributed by atoms with van der Waals surface area (Å²) in [5.74, 6) is -1.04. The summed E-state index contributed by atoms with van der Waals surface area (Å²) in [6.45, 7) is 4.02. The predicted octanol–water partition coefficient (Wildman–Crippen LogP) is 1.05. The number of benzene rings is 1. The molecule has 1 aromatic heterocycles. The number of hydrogen-bond acceptors (Lipinski definition) is 3. The number of aliphatic hydroxyl groups excluding tert-OH is 1. The fraction of sp³-hybridized carbons (Fsp3) is 0.385. The fourth-order valence-electron chi connectivity index (χ4n) is 1.93. The molecule has 1 aromatic carbocycles. The minimum Gasteiger partial charge on any atom is -0.478 e. The first kappa shape index (κ1) is 13.4. The molecule has 0 radical (unpaired) electrons. The Morgan fingerprint density at radius 3 is 2.68 bits per heavy atom. The number of aliphatic hydroxyl groups is 1. The summed E-state index contributed by atoms with van der Waals surface area (Å²) in [5, 5.41) is 18.2. The van der Waals surface area contributed by atoms with Gasteiger partial charge in [0, 0.05) is 18.6 Å². The molecular formula is C13H16N2O4. The SMILES string of the molecule is CC(C)(CO)Cn1c(=O)[nH]c2cc(C(=O)O)ccc21. The molecule has 6 heteroatoms. The van der Waals surface area contributed by atoms with Crippen molar-refractivity contribution in [1.29, 1.82) is 0 Å². The molecule has 1 heterocycles. The van der Waals surface area contributed by atoms with Gasteiger partial charge in [-0.1, -0.05) is 13.8 Å². The van der Waals surface area contributed by atoms with Crippen molar-refractivity contribution >= 4 is 17.0 Å². The monoisotopic (exact) mass is 264 g/mol. The van der Waals surface area contributed by atoms with E-state index >= 15 is 0 Å². The van der Waals surface area contributed by atoms with E-state index in [1.54, 1.807) is 6.07 Å². The Bertz CT molecular complexity index is 681. The molecule has 19 heavy (non-hydrogen) atoms. The molecule has 2 rings (SSSR count). The fourth-order valence-corrected chi connectivity index (χ4v) is 1.93. The van der Waals surface area contributed by atoms with Crippen LogP contribution in [-0.2, 0) is 6.54 Å². The van der Waals surface area contributed by atoms with Gasteiger partial charge in [-0.15, -0.1) is 0 Å². The number of nitrogens with zero attached hydrogens (tertiary/aromatic N) is 1. The van der Waals surface area contributed by atoms with Crippen LogP contribution in [0.25, 0.3) is 11.0 Å². The number of carbonyl (C=O) groups is 1. The van der Waals surface area contributed by atoms with Crippen molar-refractivity contribution in [2.24, 2.45) is 5.41 Å². The van der Waals surface area contributed by atoms with Gasteiger partial charge in [0.15, 0.2) is 0 Å². The number of imidazole rings is 1. The number of aromatic amines is 1. The third-order valence-corrected chi connectivity index (χ3v) is 3.04. The van der Waals surface area contributed by atoms with E-state index in [1.165, 1.54) is 16.7 Å². The van der Waals surface area contributed by atoms with Gasteiger partial charge in [0.25, 0.3) is 0 Å². The highest BCUT2D eigenvalue weighted by Gasteiger charge is 2.20. The number of aromatic nitrogens is 2. The predicted molar refractivity (Wildman–Crippen MR) is 70.4 cm³/mol. The third kappa shape index (κ3) is 2.53. The number of fused-ring (bicyclic) bond motifs is 1. The summed E-state index contributed by atoms with van der Waals surface area (Å²) in [5.41, 5.74) is 0.515. The summed E-state index contributed by atoms with van der Waals surface area (Å²) in [7, 11) is 0. The van der Waals surface area contributed by atoms with Gasteiger partial charge >= 0.3 is 11.7 Å². The molecule has 0 amide bonds. The first-order valence-corrected chi connectivity index (χ1v) is 5.91. The second kappa shape index (κ2) is 4.55. The zero-order chi connectivity index (χ0) is 14.2.